The first-order valence-corrected chi connectivity index (χ1v) is 9.73. The maximum Gasteiger partial charge on any atom is 0.321 e. The Labute approximate surface area is 158 Å². The first-order chi connectivity index (χ1) is 12.9. The molecule has 1 saturated heterocycles. The summed E-state index contributed by atoms with van der Waals surface area (Å²) in [5.74, 6) is -0.0642. The zero-order valence-corrected chi connectivity index (χ0v) is 15.8. The van der Waals surface area contributed by atoms with E-state index in [4.69, 9.17) is 9.47 Å². The average Bonchev–Trinajstić information content (AvgIpc) is 3.31. The fraction of sp³-hybridized carbons (Fsp3) is 0.600. The maximum atomic E-state index is 12.7. The van der Waals surface area contributed by atoms with Crippen LogP contribution in [0.4, 0.5) is 10.5 Å². The molecular formula is C20H26N2O5. The number of carboxylic acids is 1. The normalized spacial score (nSPS) is 27.5. The van der Waals surface area contributed by atoms with Crippen LogP contribution in [0.3, 0.4) is 0 Å². The summed E-state index contributed by atoms with van der Waals surface area (Å²) >= 11 is 0. The molecule has 0 unspecified atom stereocenters. The number of carboxylic acid groups (broad SMARTS) is 1. The largest absolute Gasteiger partial charge is 0.481 e. The van der Waals surface area contributed by atoms with E-state index < -0.39 is 17.2 Å². The number of amides is 2. The molecule has 2 aliphatic heterocycles. The topological polar surface area (TPSA) is 88.1 Å². The van der Waals surface area contributed by atoms with Crippen molar-refractivity contribution in [2.75, 3.05) is 18.4 Å². The summed E-state index contributed by atoms with van der Waals surface area (Å²) in [6, 6.07) is 5.09. The molecule has 0 aromatic heterocycles. The monoisotopic (exact) mass is 374 g/mol. The van der Waals surface area contributed by atoms with E-state index in [0.717, 1.165) is 25.7 Å². The number of nitrogens with one attached hydrogen (secondary N) is 1. The molecule has 7 nitrogen and oxygen atoms in total. The van der Waals surface area contributed by atoms with Gasteiger partial charge < -0.3 is 24.8 Å². The second-order valence-electron chi connectivity index (χ2n) is 7.84. The number of hydrogen-bond donors (Lipinski definition) is 2. The second kappa shape index (κ2) is 6.32. The van der Waals surface area contributed by atoms with Crippen LogP contribution in [0, 0.1) is 11.3 Å². The molecular weight excluding hydrogens is 348 g/mol. The lowest BCUT2D eigenvalue weighted by Gasteiger charge is -2.24. The lowest BCUT2D eigenvalue weighted by Crippen LogP contribution is -2.38. The SMILES string of the molecule is CCC1(CC)Oc2ccc(NC(=O)N3C[C@@H]4CCC[C@@]4(C(=O)O)C3)cc2O1. The van der Waals surface area contributed by atoms with Crippen molar-refractivity contribution < 1.29 is 24.2 Å². The zero-order chi connectivity index (χ0) is 19.2. The number of aliphatic carboxylic acids is 1. The zero-order valence-electron chi connectivity index (χ0n) is 15.8. The minimum atomic E-state index is -0.779. The van der Waals surface area contributed by atoms with Crippen LogP contribution in [0.5, 0.6) is 11.5 Å². The third-order valence-electron chi connectivity index (χ3n) is 6.45. The Kier molecular flexibility index (Phi) is 4.20. The highest BCUT2D eigenvalue weighted by molar-refractivity contribution is 5.91. The highest BCUT2D eigenvalue weighted by Gasteiger charge is 2.55. The molecule has 1 aliphatic carbocycles. The van der Waals surface area contributed by atoms with E-state index in [1.165, 1.54) is 0 Å². The van der Waals surface area contributed by atoms with Crippen LogP contribution in [0.2, 0.25) is 0 Å². The van der Waals surface area contributed by atoms with Crippen LogP contribution in [-0.4, -0.2) is 40.9 Å². The molecule has 7 heteroatoms. The van der Waals surface area contributed by atoms with Gasteiger partial charge in [-0.1, -0.05) is 20.3 Å². The molecule has 0 bridgehead atoms. The van der Waals surface area contributed by atoms with E-state index in [-0.39, 0.29) is 18.5 Å². The lowest BCUT2D eigenvalue weighted by molar-refractivity contribution is -0.149. The minimum absolute atomic E-state index is 0.0484. The van der Waals surface area contributed by atoms with Crippen molar-refractivity contribution in [3.8, 4) is 11.5 Å². The second-order valence-corrected chi connectivity index (χ2v) is 7.84. The fourth-order valence-corrected chi connectivity index (χ4v) is 4.71. The smallest absolute Gasteiger partial charge is 0.321 e. The van der Waals surface area contributed by atoms with Crippen molar-refractivity contribution in [3.05, 3.63) is 18.2 Å². The van der Waals surface area contributed by atoms with Crippen molar-refractivity contribution in [1.29, 1.82) is 0 Å². The number of carbonyl (C=O) groups excluding carboxylic acids is 1. The number of benzene rings is 1. The summed E-state index contributed by atoms with van der Waals surface area (Å²) in [7, 11) is 0. The van der Waals surface area contributed by atoms with E-state index in [0.29, 0.717) is 30.2 Å². The van der Waals surface area contributed by atoms with Gasteiger partial charge in [0.25, 0.3) is 5.79 Å². The standard InChI is InChI=1S/C20H26N2O5/c1-3-20(4-2)26-15-8-7-14(10-16(15)27-20)21-18(25)22-11-13-6-5-9-19(13,12-22)17(23)24/h7-8,10,13H,3-6,9,11-12H2,1-2H3,(H,21,25)(H,23,24)/t13-,19+/m0/s1. The molecule has 3 aliphatic rings. The van der Waals surface area contributed by atoms with Gasteiger partial charge in [0.1, 0.15) is 0 Å². The third-order valence-corrected chi connectivity index (χ3v) is 6.45. The Morgan fingerprint density at radius 2 is 2.00 bits per heavy atom. The van der Waals surface area contributed by atoms with Gasteiger partial charge in [0.2, 0.25) is 0 Å². The summed E-state index contributed by atoms with van der Waals surface area (Å²) in [6.07, 6.45) is 3.90. The van der Waals surface area contributed by atoms with Gasteiger partial charge in [-0.3, -0.25) is 4.79 Å². The number of urea groups is 1. The van der Waals surface area contributed by atoms with E-state index >= 15 is 0 Å². The molecule has 1 aromatic rings. The molecule has 146 valence electrons. The fourth-order valence-electron chi connectivity index (χ4n) is 4.71. The molecule has 27 heavy (non-hydrogen) atoms. The molecule has 2 amide bonds. The number of fused-ring (bicyclic) bond motifs is 2. The number of carbonyl (C=O) groups is 2. The Morgan fingerprint density at radius 3 is 2.67 bits per heavy atom. The quantitative estimate of drug-likeness (QED) is 0.839. The van der Waals surface area contributed by atoms with E-state index in [9.17, 15) is 14.7 Å². The predicted molar refractivity (Wildman–Crippen MR) is 99.0 cm³/mol. The van der Waals surface area contributed by atoms with Gasteiger partial charge in [0.05, 0.1) is 5.41 Å². The Balaban J connectivity index is 1.46. The number of rotatable bonds is 4. The first-order valence-electron chi connectivity index (χ1n) is 9.73. The van der Waals surface area contributed by atoms with Crippen molar-refractivity contribution in [1.82, 2.24) is 4.90 Å². The van der Waals surface area contributed by atoms with Gasteiger partial charge in [-0.05, 0) is 30.9 Å². The highest BCUT2D eigenvalue weighted by atomic mass is 16.7. The average molecular weight is 374 g/mol. The molecule has 2 heterocycles. The number of likely N-dealkylation sites (tertiary alicyclic amines) is 1. The van der Waals surface area contributed by atoms with Crippen LogP contribution in [0.1, 0.15) is 46.0 Å². The van der Waals surface area contributed by atoms with Gasteiger partial charge in [0.15, 0.2) is 11.5 Å². The summed E-state index contributed by atoms with van der Waals surface area (Å²) in [6.45, 7) is 4.80. The van der Waals surface area contributed by atoms with Gasteiger partial charge in [-0.2, -0.15) is 0 Å². The molecule has 1 aromatic carbocycles. The van der Waals surface area contributed by atoms with Crippen LogP contribution < -0.4 is 14.8 Å². The van der Waals surface area contributed by atoms with Crippen molar-refractivity contribution in [3.63, 3.8) is 0 Å². The molecule has 0 radical (unpaired) electrons. The minimum Gasteiger partial charge on any atom is -0.481 e. The summed E-state index contributed by atoms with van der Waals surface area (Å²) in [4.78, 5) is 26.1. The number of anilines is 1. The van der Waals surface area contributed by atoms with Crippen LogP contribution >= 0.6 is 0 Å². The molecule has 2 atom stereocenters. The highest BCUT2D eigenvalue weighted by Crippen LogP contribution is 2.49. The predicted octanol–water partition coefficient (Wildman–Crippen LogP) is 3.69. The van der Waals surface area contributed by atoms with Crippen LogP contribution in [-0.2, 0) is 4.79 Å². The number of nitrogens with zero attached hydrogens (tertiary/aromatic N) is 1. The van der Waals surface area contributed by atoms with E-state index in [1.54, 1.807) is 23.1 Å². The van der Waals surface area contributed by atoms with Crippen LogP contribution in [0.15, 0.2) is 18.2 Å². The van der Waals surface area contributed by atoms with E-state index in [2.05, 4.69) is 5.32 Å². The van der Waals surface area contributed by atoms with Gasteiger partial charge in [-0.25, -0.2) is 4.79 Å². The molecule has 2 fully saturated rings. The van der Waals surface area contributed by atoms with E-state index in [1.807, 2.05) is 13.8 Å². The van der Waals surface area contributed by atoms with Gasteiger partial charge in [-0.15, -0.1) is 0 Å². The molecule has 0 spiro atoms. The van der Waals surface area contributed by atoms with Gasteiger partial charge >= 0.3 is 12.0 Å². The number of hydrogen-bond acceptors (Lipinski definition) is 4. The molecule has 1 saturated carbocycles. The summed E-state index contributed by atoms with van der Waals surface area (Å²) < 4.78 is 11.9. The summed E-state index contributed by atoms with van der Waals surface area (Å²) in [5, 5.41) is 12.6. The van der Waals surface area contributed by atoms with Crippen molar-refractivity contribution >= 4 is 17.7 Å². The lowest BCUT2D eigenvalue weighted by atomic mass is 9.81. The Bertz CT molecular complexity index is 776. The molecule has 2 N–H and O–H groups in total. The number of ether oxygens (including phenoxy) is 2. The summed E-state index contributed by atoms with van der Waals surface area (Å²) in [5.41, 5.74) is -0.152. The van der Waals surface area contributed by atoms with Crippen molar-refractivity contribution in [2.24, 2.45) is 11.3 Å². The molecule has 4 rings (SSSR count). The third kappa shape index (κ3) is 2.80. The van der Waals surface area contributed by atoms with Gasteiger partial charge in [0, 0.05) is 37.7 Å². The van der Waals surface area contributed by atoms with Crippen LogP contribution in [0.25, 0.3) is 0 Å². The Morgan fingerprint density at radius 1 is 1.26 bits per heavy atom. The maximum absolute atomic E-state index is 12.7. The van der Waals surface area contributed by atoms with Crippen molar-refractivity contribution in [2.45, 2.75) is 51.7 Å². The Hall–Kier alpha value is -2.44. The first kappa shape index (κ1) is 17.9.